The van der Waals surface area contributed by atoms with E-state index in [-0.39, 0.29) is 0 Å². The molecule has 0 amide bonds. The van der Waals surface area contributed by atoms with Gasteiger partial charge in [0, 0.05) is 10.9 Å². The first kappa shape index (κ1) is 12.2. The van der Waals surface area contributed by atoms with Crippen molar-refractivity contribution in [1.82, 2.24) is 0 Å². The number of nitrogens with two attached hydrogens (primary N) is 1. The second-order valence-corrected chi connectivity index (χ2v) is 4.66. The van der Waals surface area contributed by atoms with E-state index in [9.17, 15) is 0 Å². The van der Waals surface area contributed by atoms with Crippen molar-refractivity contribution in [2.45, 2.75) is 33.6 Å². The van der Waals surface area contributed by atoms with Gasteiger partial charge in [-0.05, 0) is 43.5 Å². The highest BCUT2D eigenvalue weighted by Crippen LogP contribution is 2.27. The van der Waals surface area contributed by atoms with Gasteiger partial charge in [0.15, 0.2) is 0 Å². The molecule has 82 valence electrons. The molecule has 0 aliphatic carbocycles. The van der Waals surface area contributed by atoms with Crippen LogP contribution in [0.3, 0.4) is 0 Å². The Kier molecular flexibility index (Phi) is 4.33. The van der Waals surface area contributed by atoms with Crippen LogP contribution in [0.25, 0.3) is 0 Å². The van der Waals surface area contributed by atoms with E-state index < -0.39 is 0 Å². The highest BCUT2D eigenvalue weighted by atomic mass is 79.9. The van der Waals surface area contributed by atoms with E-state index in [1.165, 1.54) is 0 Å². The Bertz CT molecular complexity index is 360. The predicted octanol–water partition coefficient (Wildman–Crippen LogP) is 3.85. The number of halogens is 1. The first-order chi connectivity index (χ1) is 7.04. The number of hydrogen-bond donors (Lipinski definition) is 1. The van der Waals surface area contributed by atoms with Crippen LogP contribution in [0.15, 0.2) is 21.6 Å². The van der Waals surface area contributed by atoms with Crippen molar-refractivity contribution in [2.75, 3.05) is 0 Å². The molecule has 0 saturated heterocycles. The second-order valence-electron chi connectivity index (χ2n) is 3.74. The molecule has 0 aliphatic heterocycles. The van der Waals surface area contributed by atoms with Gasteiger partial charge < -0.3 is 5.73 Å². The molecule has 1 aromatic rings. The summed E-state index contributed by atoms with van der Waals surface area (Å²) in [5, 5.41) is 0. The Hall–Kier alpha value is -0.830. The molecule has 0 radical (unpaired) electrons. The van der Waals surface area contributed by atoms with E-state index in [0.29, 0.717) is 5.84 Å². The van der Waals surface area contributed by atoms with Crippen molar-refractivity contribution in [1.29, 1.82) is 0 Å². The summed E-state index contributed by atoms with van der Waals surface area (Å²) in [6.45, 7) is 6.20. The zero-order chi connectivity index (χ0) is 11.4. The summed E-state index contributed by atoms with van der Waals surface area (Å²) in [5.41, 5.74) is 9.14. The smallest absolute Gasteiger partial charge is 0.0996 e. The van der Waals surface area contributed by atoms with E-state index in [4.69, 9.17) is 5.73 Å². The molecule has 0 atom stereocenters. The Morgan fingerprint density at radius 2 is 1.87 bits per heavy atom. The average Bonchev–Trinajstić information content (AvgIpc) is 2.11. The number of benzene rings is 1. The van der Waals surface area contributed by atoms with Gasteiger partial charge in [-0.1, -0.05) is 22.9 Å². The van der Waals surface area contributed by atoms with Gasteiger partial charge in [0.2, 0.25) is 0 Å². The first-order valence-electron chi connectivity index (χ1n) is 5.14. The number of amidine groups is 1. The highest BCUT2D eigenvalue weighted by molar-refractivity contribution is 9.10. The van der Waals surface area contributed by atoms with Crippen LogP contribution in [0.2, 0.25) is 0 Å². The summed E-state index contributed by atoms with van der Waals surface area (Å²) < 4.78 is 1.09. The van der Waals surface area contributed by atoms with Crippen LogP contribution in [0.5, 0.6) is 0 Å². The number of nitrogens with zero attached hydrogens (tertiary/aromatic N) is 1. The van der Waals surface area contributed by atoms with Crippen LogP contribution in [-0.4, -0.2) is 5.84 Å². The van der Waals surface area contributed by atoms with Gasteiger partial charge >= 0.3 is 0 Å². The Morgan fingerprint density at radius 3 is 2.33 bits per heavy atom. The molecule has 0 aliphatic rings. The predicted molar refractivity (Wildman–Crippen MR) is 69.8 cm³/mol. The molecular weight excluding hydrogens is 252 g/mol. The number of rotatable bonds is 3. The molecule has 0 spiro atoms. The lowest BCUT2D eigenvalue weighted by atomic mass is 10.1. The molecule has 1 rings (SSSR count). The number of aliphatic imine (C=N–C) groups is 1. The zero-order valence-corrected chi connectivity index (χ0v) is 11.1. The minimum Gasteiger partial charge on any atom is -0.387 e. The third kappa shape index (κ3) is 3.34. The van der Waals surface area contributed by atoms with E-state index in [2.05, 4.69) is 53.8 Å². The third-order valence-electron chi connectivity index (χ3n) is 2.22. The van der Waals surface area contributed by atoms with Crippen LogP contribution >= 0.6 is 15.9 Å². The lowest BCUT2D eigenvalue weighted by Gasteiger charge is -2.07. The van der Waals surface area contributed by atoms with Crippen molar-refractivity contribution in [3.63, 3.8) is 0 Å². The molecule has 0 saturated carbocycles. The van der Waals surface area contributed by atoms with Crippen LogP contribution in [0, 0.1) is 13.8 Å². The molecule has 0 bridgehead atoms. The van der Waals surface area contributed by atoms with E-state index in [1.54, 1.807) is 0 Å². The Balaban J connectivity index is 3.09. The maximum Gasteiger partial charge on any atom is 0.0996 e. The summed E-state index contributed by atoms with van der Waals surface area (Å²) in [5.74, 6) is 0.714. The van der Waals surface area contributed by atoms with Gasteiger partial charge in [0.1, 0.15) is 0 Å². The average molecular weight is 269 g/mol. The summed E-state index contributed by atoms with van der Waals surface area (Å²) in [7, 11) is 0. The maximum absolute atomic E-state index is 5.83. The van der Waals surface area contributed by atoms with Crippen LogP contribution in [-0.2, 0) is 0 Å². The fourth-order valence-corrected chi connectivity index (χ4v) is 2.22. The lowest BCUT2D eigenvalue weighted by Crippen LogP contribution is -2.10. The van der Waals surface area contributed by atoms with Gasteiger partial charge in [-0.3, -0.25) is 0 Å². The monoisotopic (exact) mass is 268 g/mol. The normalized spacial score (nSPS) is 11.9. The fraction of sp³-hybridized carbons (Fsp3) is 0.417. The zero-order valence-electron chi connectivity index (χ0n) is 9.47. The van der Waals surface area contributed by atoms with Crippen molar-refractivity contribution in [3.05, 3.63) is 27.7 Å². The minimum atomic E-state index is 0.714. The summed E-state index contributed by atoms with van der Waals surface area (Å²) in [4.78, 5) is 4.46. The van der Waals surface area contributed by atoms with Gasteiger partial charge in [-0.2, -0.15) is 0 Å². The van der Waals surface area contributed by atoms with Crippen molar-refractivity contribution in [2.24, 2.45) is 10.7 Å². The van der Waals surface area contributed by atoms with E-state index in [1.807, 2.05) is 0 Å². The Labute approximate surface area is 99.7 Å². The topological polar surface area (TPSA) is 38.4 Å². The van der Waals surface area contributed by atoms with Crippen molar-refractivity contribution >= 4 is 27.5 Å². The molecule has 0 fully saturated rings. The van der Waals surface area contributed by atoms with E-state index >= 15 is 0 Å². The van der Waals surface area contributed by atoms with Crippen LogP contribution in [0.4, 0.5) is 5.69 Å². The molecular formula is C12H17BrN2. The highest BCUT2D eigenvalue weighted by Gasteiger charge is 2.03. The standard InChI is InChI=1S/C12H17BrN2/c1-4-5-11(14)15-12-8(2)6-10(13)7-9(12)3/h6-7H,4-5H2,1-3H3,(H2,14,15). The summed E-state index contributed by atoms with van der Waals surface area (Å²) in [6, 6.07) is 4.12. The minimum absolute atomic E-state index is 0.714. The van der Waals surface area contributed by atoms with Gasteiger partial charge in [0.05, 0.1) is 11.5 Å². The number of hydrogen-bond acceptors (Lipinski definition) is 1. The molecule has 2 nitrogen and oxygen atoms in total. The van der Waals surface area contributed by atoms with E-state index in [0.717, 1.165) is 34.1 Å². The van der Waals surface area contributed by atoms with Crippen LogP contribution in [0.1, 0.15) is 30.9 Å². The molecule has 1 aromatic carbocycles. The molecule has 2 N–H and O–H groups in total. The van der Waals surface area contributed by atoms with Gasteiger partial charge in [0.25, 0.3) is 0 Å². The Morgan fingerprint density at radius 1 is 1.33 bits per heavy atom. The largest absolute Gasteiger partial charge is 0.387 e. The summed E-state index contributed by atoms with van der Waals surface area (Å²) >= 11 is 3.46. The third-order valence-corrected chi connectivity index (χ3v) is 2.68. The maximum atomic E-state index is 5.83. The molecule has 0 unspecified atom stereocenters. The van der Waals surface area contributed by atoms with Crippen molar-refractivity contribution in [3.8, 4) is 0 Å². The molecule has 0 heterocycles. The lowest BCUT2D eigenvalue weighted by molar-refractivity contribution is 0.982. The second kappa shape index (κ2) is 5.31. The van der Waals surface area contributed by atoms with Gasteiger partial charge in [-0.15, -0.1) is 0 Å². The molecule has 3 heteroatoms. The molecule has 15 heavy (non-hydrogen) atoms. The summed E-state index contributed by atoms with van der Waals surface area (Å²) in [6.07, 6.45) is 1.89. The quantitative estimate of drug-likeness (QED) is 0.656. The SMILES string of the molecule is CCCC(N)=Nc1c(C)cc(Br)cc1C. The first-order valence-corrected chi connectivity index (χ1v) is 5.93. The fourth-order valence-electron chi connectivity index (χ4n) is 1.54. The molecule has 0 aromatic heterocycles. The van der Waals surface area contributed by atoms with Gasteiger partial charge in [-0.25, -0.2) is 4.99 Å². The van der Waals surface area contributed by atoms with Crippen molar-refractivity contribution < 1.29 is 0 Å². The number of aryl methyl sites for hydroxylation is 2. The van der Waals surface area contributed by atoms with Crippen LogP contribution < -0.4 is 5.73 Å².